The second-order valence-corrected chi connectivity index (χ2v) is 22.9. The Balaban J connectivity index is 1.49. The van der Waals surface area contributed by atoms with Crippen LogP contribution in [-0.4, -0.2) is 140 Å². The summed E-state index contributed by atoms with van der Waals surface area (Å²) < 4.78 is 22.7. The summed E-state index contributed by atoms with van der Waals surface area (Å²) in [7, 11) is 0. The van der Waals surface area contributed by atoms with Crippen LogP contribution in [0.4, 0.5) is 0 Å². The van der Waals surface area contributed by atoms with Gasteiger partial charge in [0.1, 0.15) is 48.8 Å². The second kappa shape index (κ2) is 51.1. The van der Waals surface area contributed by atoms with Crippen LogP contribution in [0.15, 0.2) is 60.8 Å². The molecule has 0 aromatic carbocycles. The number of hydrogen-bond acceptors (Lipinski definition) is 13. The van der Waals surface area contributed by atoms with Gasteiger partial charge < -0.3 is 65.1 Å². The molecule has 0 aromatic rings. The molecule has 466 valence electrons. The van der Waals surface area contributed by atoms with Crippen molar-refractivity contribution in [3.05, 3.63) is 60.8 Å². The van der Waals surface area contributed by atoms with Crippen LogP contribution in [0.3, 0.4) is 0 Å². The van der Waals surface area contributed by atoms with Gasteiger partial charge in [-0.2, -0.15) is 0 Å². The van der Waals surface area contributed by atoms with Crippen molar-refractivity contribution in [1.82, 2.24) is 5.32 Å². The van der Waals surface area contributed by atoms with E-state index in [0.29, 0.717) is 6.42 Å². The predicted molar refractivity (Wildman–Crippen MR) is 323 cm³/mol. The average Bonchev–Trinajstić information content (AvgIpc) is 3.48. The summed E-state index contributed by atoms with van der Waals surface area (Å²) in [5, 5.41) is 86.7. The molecule has 9 N–H and O–H groups in total. The van der Waals surface area contributed by atoms with Gasteiger partial charge in [0.15, 0.2) is 12.6 Å². The van der Waals surface area contributed by atoms with Crippen molar-refractivity contribution in [3.8, 4) is 0 Å². The Kier molecular flexibility index (Phi) is 47.2. The number of rotatable bonds is 52. The third-order valence-electron chi connectivity index (χ3n) is 15.7. The van der Waals surface area contributed by atoms with Crippen LogP contribution in [0.5, 0.6) is 0 Å². The lowest BCUT2D eigenvalue weighted by Gasteiger charge is -2.46. The highest BCUT2D eigenvalue weighted by Crippen LogP contribution is 2.30. The Labute approximate surface area is 486 Å². The third-order valence-corrected chi connectivity index (χ3v) is 15.7. The van der Waals surface area contributed by atoms with Crippen LogP contribution in [0.2, 0.25) is 0 Å². The maximum absolute atomic E-state index is 13.2. The van der Waals surface area contributed by atoms with E-state index in [-0.39, 0.29) is 18.9 Å². The largest absolute Gasteiger partial charge is 0.394 e. The molecule has 0 spiro atoms. The Morgan fingerprint density at radius 1 is 0.463 bits per heavy atom. The van der Waals surface area contributed by atoms with E-state index in [0.717, 1.165) is 77.0 Å². The SMILES string of the molecule is CC/C=C\C/C=C\C/C=C\C/C=C\CCCCCCCCCCCCCCCCCCCCCCCCCCCCC(=O)NC(COC1OC(CO)C(OC2OC(CO)C(O)C(O)C2O)C(O)C1O)C(O)/C=C/CCCCCCC. The average molecular weight is 1130 g/mol. The summed E-state index contributed by atoms with van der Waals surface area (Å²) in [5.41, 5.74) is 0. The molecular weight excluding hydrogens is 1010 g/mol. The van der Waals surface area contributed by atoms with Crippen molar-refractivity contribution in [2.24, 2.45) is 0 Å². The van der Waals surface area contributed by atoms with Crippen LogP contribution in [0, 0.1) is 0 Å². The van der Waals surface area contributed by atoms with Gasteiger partial charge in [-0.25, -0.2) is 0 Å². The van der Waals surface area contributed by atoms with Crippen molar-refractivity contribution >= 4 is 5.91 Å². The van der Waals surface area contributed by atoms with Crippen molar-refractivity contribution in [2.45, 2.75) is 331 Å². The monoisotopic (exact) mass is 1130 g/mol. The van der Waals surface area contributed by atoms with Gasteiger partial charge in [0.05, 0.1) is 32.0 Å². The molecule has 1 amide bonds. The highest BCUT2D eigenvalue weighted by molar-refractivity contribution is 5.76. The minimum atomic E-state index is -1.79. The molecular formula is C66H119NO13. The van der Waals surface area contributed by atoms with Gasteiger partial charge >= 0.3 is 0 Å². The van der Waals surface area contributed by atoms with Crippen LogP contribution in [0.25, 0.3) is 0 Å². The molecule has 2 saturated heterocycles. The normalized spacial score (nSPS) is 24.6. The van der Waals surface area contributed by atoms with Crippen molar-refractivity contribution in [3.63, 3.8) is 0 Å². The minimum Gasteiger partial charge on any atom is -0.394 e. The van der Waals surface area contributed by atoms with Gasteiger partial charge in [-0.15, -0.1) is 0 Å². The van der Waals surface area contributed by atoms with Crippen molar-refractivity contribution in [2.75, 3.05) is 19.8 Å². The summed E-state index contributed by atoms with van der Waals surface area (Å²) >= 11 is 0. The Bertz CT molecular complexity index is 1570. The molecule has 0 radical (unpaired) electrons. The molecule has 2 aliphatic rings. The van der Waals surface area contributed by atoms with Crippen LogP contribution in [0.1, 0.15) is 258 Å². The first-order valence-corrected chi connectivity index (χ1v) is 32.5. The lowest BCUT2D eigenvalue weighted by atomic mass is 9.97. The third kappa shape index (κ3) is 35.7. The molecule has 2 rings (SSSR count). The number of aliphatic hydroxyl groups excluding tert-OH is 8. The summed E-state index contributed by atoms with van der Waals surface area (Å²) in [4.78, 5) is 13.2. The first-order valence-electron chi connectivity index (χ1n) is 32.5. The molecule has 80 heavy (non-hydrogen) atoms. The maximum atomic E-state index is 13.2. The van der Waals surface area contributed by atoms with Crippen molar-refractivity contribution in [1.29, 1.82) is 0 Å². The molecule has 2 heterocycles. The number of allylic oxidation sites excluding steroid dienone is 9. The van der Waals surface area contributed by atoms with E-state index >= 15 is 0 Å². The van der Waals surface area contributed by atoms with Gasteiger partial charge in [0.2, 0.25) is 5.91 Å². The van der Waals surface area contributed by atoms with Gasteiger partial charge in [-0.3, -0.25) is 4.79 Å². The first kappa shape index (κ1) is 73.8. The topological polar surface area (TPSA) is 228 Å². The number of aliphatic hydroxyl groups is 8. The van der Waals surface area contributed by atoms with Crippen molar-refractivity contribution < 1.29 is 64.6 Å². The summed E-state index contributed by atoms with van der Waals surface area (Å²) in [5.74, 6) is -0.241. The molecule has 0 bridgehead atoms. The van der Waals surface area contributed by atoms with Crippen LogP contribution < -0.4 is 5.32 Å². The number of carbonyl (C=O) groups excluding carboxylic acids is 1. The fourth-order valence-electron chi connectivity index (χ4n) is 10.5. The van der Waals surface area contributed by atoms with Gasteiger partial charge in [0.25, 0.3) is 0 Å². The quantitative estimate of drug-likeness (QED) is 0.0204. The minimum absolute atomic E-state index is 0.241. The molecule has 2 aliphatic heterocycles. The number of carbonyl (C=O) groups is 1. The number of nitrogens with one attached hydrogen (secondary N) is 1. The first-order chi connectivity index (χ1) is 39.1. The number of ether oxygens (including phenoxy) is 4. The lowest BCUT2D eigenvalue weighted by Crippen LogP contribution is -2.65. The maximum Gasteiger partial charge on any atom is 0.220 e. The number of hydrogen-bond donors (Lipinski definition) is 9. The van der Waals surface area contributed by atoms with E-state index in [1.165, 1.54) is 154 Å². The zero-order chi connectivity index (χ0) is 58.1. The zero-order valence-corrected chi connectivity index (χ0v) is 50.3. The molecule has 2 fully saturated rings. The zero-order valence-electron chi connectivity index (χ0n) is 50.3. The Morgan fingerprint density at radius 3 is 1.32 bits per heavy atom. The van der Waals surface area contributed by atoms with Gasteiger partial charge in [0, 0.05) is 6.42 Å². The Morgan fingerprint density at radius 2 is 0.863 bits per heavy atom. The van der Waals surface area contributed by atoms with Gasteiger partial charge in [-0.05, 0) is 57.8 Å². The highest BCUT2D eigenvalue weighted by atomic mass is 16.7. The van der Waals surface area contributed by atoms with E-state index in [1.807, 2.05) is 6.08 Å². The van der Waals surface area contributed by atoms with E-state index in [2.05, 4.69) is 67.8 Å². The molecule has 14 nitrogen and oxygen atoms in total. The van der Waals surface area contributed by atoms with E-state index < -0.39 is 86.8 Å². The summed E-state index contributed by atoms with van der Waals surface area (Å²) in [6.07, 6.45) is 50.7. The van der Waals surface area contributed by atoms with E-state index in [1.54, 1.807) is 6.08 Å². The van der Waals surface area contributed by atoms with Crippen LogP contribution in [-0.2, 0) is 23.7 Å². The predicted octanol–water partition coefficient (Wildman–Crippen LogP) is 12.1. The van der Waals surface area contributed by atoms with Crippen LogP contribution >= 0.6 is 0 Å². The second-order valence-electron chi connectivity index (χ2n) is 22.9. The molecule has 0 aliphatic carbocycles. The number of unbranched alkanes of at least 4 members (excludes halogenated alkanes) is 31. The Hall–Kier alpha value is -2.31. The van der Waals surface area contributed by atoms with E-state index in [9.17, 15) is 45.6 Å². The fraction of sp³-hybridized carbons (Fsp3) is 0.833. The molecule has 0 saturated carbocycles. The molecule has 14 heteroatoms. The van der Waals surface area contributed by atoms with E-state index in [4.69, 9.17) is 18.9 Å². The molecule has 12 atom stereocenters. The van der Waals surface area contributed by atoms with Gasteiger partial charge in [-0.1, -0.05) is 254 Å². The summed E-state index contributed by atoms with van der Waals surface area (Å²) in [6, 6.07) is -0.910. The smallest absolute Gasteiger partial charge is 0.220 e. The highest BCUT2D eigenvalue weighted by Gasteiger charge is 2.51. The number of amides is 1. The fourth-order valence-corrected chi connectivity index (χ4v) is 10.5. The molecule has 0 aromatic heterocycles. The lowest BCUT2D eigenvalue weighted by molar-refractivity contribution is -0.359. The standard InChI is InChI=1S/C66H119NO13/c1-3-5-7-9-11-12-13-14-15-16-17-18-19-20-21-22-23-24-25-26-27-28-29-30-31-32-33-34-35-36-37-38-39-40-41-42-44-46-48-50-58(71)67-54(55(70)49-47-45-43-10-8-6-4-2)53-77-65-63(76)61(74)64(57(52-69)79-65)80-66-62(75)60(73)59(72)56(51-68)78-66/h5,7,11-12,14-15,17-18,47,49,54-57,59-66,68-70,72-76H,3-4,6,8-10,13,16,19-46,48,50-53H2,1-2H3,(H,67,71)/b7-5-,12-11-,15-14-,18-17-,49-47+. The molecule has 12 unspecified atom stereocenters. The summed E-state index contributed by atoms with van der Waals surface area (Å²) in [6.45, 7) is 2.62.